The van der Waals surface area contributed by atoms with E-state index in [4.69, 9.17) is 20.1 Å². The Morgan fingerprint density at radius 2 is 2.14 bits per heavy atom. The highest BCUT2D eigenvalue weighted by atomic mass is 16.5. The Bertz CT molecular complexity index is 489. The van der Waals surface area contributed by atoms with Crippen molar-refractivity contribution < 1.29 is 19.5 Å². The maximum absolute atomic E-state index is 11.2. The zero-order valence-corrected chi connectivity index (χ0v) is 12.4. The third kappa shape index (κ3) is 5.07. The molecule has 0 aromatic heterocycles. The summed E-state index contributed by atoms with van der Waals surface area (Å²) in [6, 6.07) is 5.33. The number of carbonyl (C=O) groups excluding carboxylic acids is 1. The van der Waals surface area contributed by atoms with Crippen LogP contribution in [0.4, 0.5) is 0 Å². The smallest absolute Gasteiger partial charge is 0.305 e. The lowest BCUT2D eigenvalue weighted by molar-refractivity contribution is -0.143. The summed E-state index contributed by atoms with van der Waals surface area (Å²) in [5.74, 6) is 0.375. The third-order valence-corrected chi connectivity index (χ3v) is 2.96. The lowest BCUT2D eigenvalue weighted by Gasteiger charge is -2.14. The van der Waals surface area contributed by atoms with Crippen molar-refractivity contribution in [3.63, 3.8) is 0 Å². The molecule has 1 aromatic carbocycles. The molecule has 0 fully saturated rings. The fraction of sp³-hybridized carbons (Fsp3) is 0.467. The molecule has 6 nitrogen and oxygen atoms in total. The van der Waals surface area contributed by atoms with Gasteiger partial charge < -0.3 is 9.47 Å². The van der Waals surface area contributed by atoms with Crippen LogP contribution >= 0.6 is 0 Å². The second kappa shape index (κ2) is 8.97. The second-order valence-corrected chi connectivity index (χ2v) is 4.38. The standard InChI is InChI=1S/C15H22N2O4/c1-3-11-12(15(16)17-19)7-5-8-13(11)21-10-6-9-14(18)20-4-2/h5,7-8,19H,3-4,6,9-10H2,1-2H3,(H2,16,17). The molecule has 3 N–H and O–H groups in total. The van der Waals surface area contributed by atoms with Crippen molar-refractivity contribution >= 4 is 11.8 Å². The molecule has 0 radical (unpaired) electrons. The Kier molecular flexibility index (Phi) is 7.25. The van der Waals surface area contributed by atoms with Crippen LogP contribution in [0.2, 0.25) is 0 Å². The van der Waals surface area contributed by atoms with Crippen LogP contribution in [0, 0.1) is 5.41 Å². The number of rotatable bonds is 8. The number of carbonyl (C=O) groups is 1. The summed E-state index contributed by atoms with van der Waals surface area (Å²) in [7, 11) is 0. The Labute approximate surface area is 124 Å². The van der Waals surface area contributed by atoms with E-state index in [1.165, 1.54) is 0 Å². The molecular weight excluding hydrogens is 272 g/mol. The van der Waals surface area contributed by atoms with Crippen LogP contribution in [-0.2, 0) is 16.0 Å². The van der Waals surface area contributed by atoms with Crippen molar-refractivity contribution in [3.05, 3.63) is 29.3 Å². The summed E-state index contributed by atoms with van der Waals surface area (Å²) in [5.41, 5.74) is 3.29. The van der Waals surface area contributed by atoms with Gasteiger partial charge in [-0.1, -0.05) is 19.1 Å². The summed E-state index contributed by atoms with van der Waals surface area (Å²) in [4.78, 5) is 11.2. The van der Waals surface area contributed by atoms with E-state index in [0.29, 0.717) is 43.8 Å². The van der Waals surface area contributed by atoms with Crippen LogP contribution in [-0.4, -0.2) is 30.2 Å². The van der Waals surface area contributed by atoms with Crippen LogP contribution in [0.25, 0.3) is 0 Å². The minimum absolute atomic E-state index is 0.0659. The fourth-order valence-electron chi connectivity index (χ4n) is 1.99. The van der Waals surface area contributed by atoms with Gasteiger partial charge >= 0.3 is 5.97 Å². The molecule has 0 atom stereocenters. The number of nitrogens with one attached hydrogen (secondary N) is 2. The quantitative estimate of drug-likeness (QED) is 0.225. The molecule has 0 bridgehead atoms. The van der Waals surface area contributed by atoms with Gasteiger partial charge in [-0.15, -0.1) is 0 Å². The van der Waals surface area contributed by atoms with Crippen LogP contribution in [0.3, 0.4) is 0 Å². The maximum Gasteiger partial charge on any atom is 0.305 e. The molecule has 1 rings (SSSR count). The summed E-state index contributed by atoms with van der Waals surface area (Å²) in [5, 5.41) is 16.5. The summed E-state index contributed by atoms with van der Waals surface area (Å²) >= 11 is 0. The molecule has 0 amide bonds. The van der Waals surface area contributed by atoms with Crippen LogP contribution in [0.5, 0.6) is 5.75 Å². The SMILES string of the molecule is CCOC(=O)CCCOc1cccc(C(=N)NO)c1CC. The minimum Gasteiger partial charge on any atom is -0.493 e. The van der Waals surface area contributed by atoms with Gasteiger partial charge in [0.15, 0.2) is 0 Å². The first kappa shape index (κ1) is 17.0. The van der Waals surface area contributed by atoms with E-state index >= 15 is 0 Å². The molecule has 0 saturated carbocycles. The van der Waals surface area contributed by atoms with E-state index in [1.54, 1.807) is 19.1 Å². The van der Waals surface area contributed by atoms with E-state index in [0.717, 1.165) is 5.56 Å². The third-order valence-electron chi connectivity index (χ3n) is 2.96. The zero-order chi connectivity index (χ0) is 15.7. The van der Waals surface area contributed by atoms with Gasteiger partial charge in [-0.25, -0.2) is 0 Å². The Morgan fingerprint density at radius 3 is 2.76 bits per heavy atom. The van der Waals surface area contributed by atoms with Crippen molar-refractivity contribution in [2.45, 2.75) is 33.1 Å². The summed E-state index contributed by atoms with van der Waals surface area (Å²) < 4.78 is 10.5. The first-order valence-corrected chi connectivity index (χ1v) is 7.03. The maximum atomic E-state index is 11.2. The molecule has 116 valence electrons. The average Bonchev–Trinajstić information content (AvgIpc) is 2.50. The average molecular weight is 294 g/mol. The highest BCUT2D eigenvalue weighted by molar-refractivity contribution is 5.97. The molecular formula is C15H22N2O4. The van der Waals surface area contributed by atoms with Gasteiger partial charge in [-0.3, -0.25) is 20.9 Å². The fourth-order valence-corrected chi connectivity index (χ4v) is 1.99. The molecule has 0 aliphatic rings. The number of hydroxylamine groups is 1. The molecule has 21 heavy (non-hydrogen) atoms. The lowest BCUT2D eigenvalue weighted by Crippen LogP contribution is -2.20. The molecule has 1 aromatic rings. The van der Waals surface area contributed by atoms with Gasteiger partial charge in [0.2, 0.25) is 0 Å². The number of amidine groups is 1. The first-order chi connectivity index (χ1) is 10.1. The van der Waals surface area contributed by atoms with Crippen LogP contribution < -0.4 is 10.2 Å². The minimum atomic E-state index is -0.225. The number of hydrogen-bond donors (Lipinski definition) is 3. The van der Waals surface area contributed by atoms with E-state index in [9.17, 15) is 4.79 Å². The van der Waals surface area contributed by atoms with Crippen molar-refractivity contribution in [1.82, 2.24) is 5.48 Å². The van der Waals surface area contributed by atoms with Crippen LogP contribution in [0.1, 0.15) is 37.8 Å². The zero-order valence-electron chi connectivity index (χ0n) is 12.4. The van der Waals surface area contributed by atoms with Gasteiger partial charge in [0, 0.05) is 17.5 Å². The first-order valence-electron chi connectivity index (χ1n) is 7.03. The monoisotopic (exact) mass is 294 g/mol. The highest BCUT2D eigenvalue weighted by Gasteiger charge is 2.11. The molecule has 0 unspecified atom stereocenters. The van der Waals surface area contributed by atoms with E-state index < -0.39 is 0 Å². The van der Waals surface area contributed by atoms with Gasteiger partial charge in [0.1, 0.15) is 11.6 Å². The van der Waals surface area contributed by atoms with Crippen molar-refractivity contribution in [2.75, 3.05) is 13.2 Å². The van der Waals surface area contributed by atoms with E-state index in [1.807, 2.05) is 18.5 Å². The number of hydrogen-bond acceptors (Lipinski definition) is 5. The summed E-state index contributed by atoms with van der Waals surface area (Å²) in [6.45, 7) is 4.51. The van der Waals surface area contributed by atoms with Gasteiger partial charge in [0.05, 0.1) is 13.2 Å². The predicted octanol–water partition coefficient (Wildman–Crippen LogP) is 2.28. The number of ether oxygens (including phenoxy) is 2. The highest BCUT2D eigenvalue weighted by Crippen LogP contribution is 2.23. The predicted molar refractivity (Wildman–Crippen MR) is 78.9 cm³/mol. The molecule has 6 heteroatoms. The molecule has 0 aliphatic heterocycles. The van der Waals surface area contributed by atoms with Crippen molar-refractivity contribution in [1.29, 1.82) is 5.41 Å². The molecule has 0 saturated heterocycles. The Balaban J connectivity index is 2.63. The van der Waals surface area contributed by atoms with Crippen molar-refractivity contribution in [3.8, 4) is 5.75 Å². The topological polar surface area (TPSA) is 91.6 Å². The summed E-state index contributed by atoms with van der Waals surface area (Å²) in [6.07, 6.45) is 1.57. The normalized spacial score (nSPS) is 10.0. The van der Waals surface area contributed by atoms with Gasteiger partial charge in [-0.2, -0.15) is 0 Å². The second-order valence-electron chi connectivity index (χ2n) is 4.38. The Hall–Kier alpha value is -2.08. The van der Waals surface area contributed by atoms with E-state index in [2.05, 4.69) is 0 Å². The lowest BCUT2D eigenvalue weighted by atomic mass is 10.0. The molecule has 0 aliphatic carbocycles. The van der Waals surface area contributed by atoms with Gasteiger partial charge in [0.25, 0.3) is 0 Å². The number of esters is 1. The number of benzene rings is 1. The van der Waals surface area contributed by atoms with Crippen molar-refractivity contribution in [2.24, 2.45) is 0 Å². The molecule has 0 heterocycles. The Morgan fingerprint density at radius 1 is 1.38 bits per heavy atom. The molecule has 0 spiro atoms. The van der Waals surface area contributed by atoms with Crippen LogP contribution in [0.15, 0.2) is 18.2 Å². The van der Waals surface area contributed by atoms with Gasteiger partial charge in [-0.05, 0) is 25.8 Å². The largest absolute Gasteiger partial charge is 0.493 e. The van der Waals surface area contributed by atoms with E-state index in [-0.39, 0.29) is 11.8 Å².